The predicted octanol–water partition coefficient (Wildman–Crippen LogP) is 2.76. The summed E-state index contributed by atoms with van der Waals surface area (Å²) in [4.78, 5) is 37.6. The molecule has 170 valence electrons. The van der Waals surface area contributed by atoms with Gasteiger partial charge in [-0.2, -0.15) is 0 Å². The van der Waals surface area contributed by atoms with Crippen LogP contribution in [0, 0.1) is 34.5 Å². The lowest BCUT2D eigenvalue weighted by Gasteiger charge is -2.60. The summed E-state index contributed by atoms with van der Waals surface area (Å²) in [5, 5.41) is 21.3. The quantitative estimate of drug-likeness (QED) is 0.665. The van der Waals surface area contributed by atoms with Gasteiger partial charge in [-0.15, -0.1) is 0 Å². The van der Waals surface area contributed by atoms with Gasteiger partial charge in [-0.05, 0) is 49.7 Å². The van der Waals surface area contributed by atoms with Crippen LogP contribution in [0.25, 0.3) is 0 Å². The second-order valence-corrected chi connectivity index (χ2v) is 10.5. The highest BCUT2D eigenvalue weighted by Crippen LogP contribution is 2.69. The maximum atomic E-state index is 13.2. The lowest BCUT2D eigenvalue weighted by Crippen LogP contribution is -2.64. The zero-order valence-corrected chi connectivity index (χ0v) is 18.9. The largest absolute Gasteiger partial charge is 0.450 e. The molecule has 6 nitrogen and oxygen atoms in total. The van der Waals surface area contributed by atoms with Crippen LogP contribution < -0.4 is 0 Å². The van der Waals surface area contributed by atoms with Gasteiger partial charge < -0.3 is 14.9 Å². The number of hydrogen-bond acceptors (Lipinski definition) is 6. The van der Waals surface area contributed by atoms with Crippen molar-refractivity contribution in [2.45, 2.75) is 71.5 Å². The first-order chi connectivity index (χ1) is 14.5. The van der Waals surface area contributed by atoms with E-state index in [-0.39, 0.29) is 35.9 Å². The van der Waals surface area contributed by atoms with Gasteiger partial charge in [-0.3, -0.25) is 14.4 Å². The number of ether oxygens (including phenoxy) is 1. The van der Waals surface area contributed by atoms with Gasteiger partial charge >= 0.3 is 5.97 Å². The van der Waals surface area contributed by atoms with E-state index >= 15 is 0 Å². The van der Waals surface area contributed by atoms with Crippen molar-refractivity contribution in [1.29, 1.82) is 0 Å². The molecule has 0 radical (unpaired) electrons. The minimum Gasteiger partial charge on any atom is -0.450 e. The average molecular weight is 431 g/mol. The van der Waals surface area contributed by atoms with E-state index in [4.69, 9.17) is 4.74 Å². The Hall–Kier alpha value is -1.79. The average Bonchev–Trinajstić information content (AvgIpc) is 2.94. The van der Waals surface area contributed by atoms with Crippen molar-refractivity contribution in [3.05, 3.63) is 23.8 Å². The van der Waals surface area contributed by atoms with Crippen molar-refractivity contribution in [2.24, 2.45) is 34.5 Å². The Morgan fingerprint density at radius 1 is 1.29 bits per heavy atom. The molecule has 0 spiro atoms. The number of esters is 1. The fourth-order valence-electron chi connectivity index (χ4n) is 7.88. The SMILES string of the molecule is CCC(=O)O[C@]1(C(=O)CO)C(C)C[C@H]2[C@@H]3CCC4=CC(=O)C=C[C@]4(C)[C@H]3C(O)C[C@@]21C. The van der Waals surface area contributed by atoms with Crippen molar-refractivity contribution < 1.29 is 29.3 Å². The zero-order valence-electron chi connectivity index (χ0n) is 18.9. The third kappa shape index (κ3) is 2.87. The van der Waals surface area contributed by atoms with Crippen molar-refractivity contribution in [2.75, 3.05) is 6.61 Å². The smallest absolute Gasteiger partial charge is 0.306 e. The highest BCUT2D eigenvalue weighted by Gasteiger charge is 2.72. The monoisotopic (exact) mass is 430 g/mol. The van der Waals surface area contributed by atoms with Crippen molar-refractivity contribution in [1.82, 2.24) is 0 Å². The molecule has 0 aromatic heterocycles. The Balaban J connectivity index is 1.80. The molecular weight excluding hydrogens is 396 g/mol. The minimum absolute atomic E-state index is 0.00501. The standard InChI is InChI=1S/C25H34O6/c1-5-21(30)31-25(20(29)13-26)14(2)10-18-17-7-6-15-11-16(27)8-9-23(15,3)22(17)19(28)12-24(18,25)4/h8-9,11,14,17-19,22,26,28H,5-7,10,12-13H2,1-4H3/t14?,17-,18-,19?,22+,23-,24-,25-/m0/s1. The molecule has 0 amide bonds. The molecular formula is C25H34O6. The highest BCUT2D eigenvalue weighted by atomic mass is 16.6. The number of fused-ring (bicyclic) bond motifs is 5. The van der Waals surface area contributed by atoms with Crippen LogP contribution in [0.1, 0.15) is 59.8 Å². The van der Waals surface area contributed by atoms with E-state index in [2.05, 4.69) is 6.92 Å². The van der Waals surface area contributed by atoms with Crippen LogP contribution in [0.5, 0.6) is 0 Å². The van der Waals surface area contributed by atoms with Crippen LogP contribution in [0.15, 0.2) is 23.8 Å². The maximum Gasteiger partial charge on any atom is 0.306 e. The number of rotatable bonds is 4. The normalized spacial score (nSPS) is 45.9. The number of aliphatic hydroxyl groups excluding tert-OH is 2. The molecule has 4 rings (SSSR count). The van der Waals surface area contributed by atoms with Crippen LogP contribution in [0.2, 0.25) is 0 Å². The summed E-state index contributed by atoms with van der Waals surface area (Å²) >= 11 is 0. The molecule has 0 aliphatic heterocycles. The van der Waals surface area contributed by atoms with Crippen LogP contribution >= 0.6 is 0 Å². The first-order valence-corrected chi connectivity index (χ1v) is 11.5. The summed E-state index contributed by atoms with van der Waals surface area (Å²) in [6.07, 6.45) is 7.32. The van der Waals surface area contributed by atoms with E-state index in [0.717, 1.165) is 18.4 Å². The number of hydrogen-bond donors (Lipinski definition) is 2. The molecule has 3 saturated carbocycles. The Labute approximate surface area is 183 Å². The molecule has 4 aliphatic rings. The van der Waals surface area contributed by atoms with Crippen LogP contribution in [-0.4, -0.2) is 46.1 Å². The fourth-order valence-corrected chi connectivity index (χ4v) is 7.88. The van der Waals surface area contributed by atoms with Crippen molar-refractivity contribution in [3.63, 3.8) is 0 Å². The summed E-state index contributed by atoms with van der Waals surface area (Å²) < 4.78 is 5.93. The fraction of sp³-hybridized carbons (Fsp3) is 0.720. The number of aliphatic hydroxyl groups is 2. The molecule has 6 heteroatoms. The summed E-state index contributed by atoms with van der Waals surface area (Å²) in [6.45, 7) is 6.99. The molecule has 2 unspecified atom stereocenters. The van der Waals surface area contributed by atoms with Crippen LogP contribution in [0.3, 0.4) is 0 Å². The van der Waals surface area contributed by atoms with E-state index in [1.807, 2.05) is 19.9 Å². The lowest BCUT2D eigenvalue weighted by atomic mass is 9.46. The number of ketones is 2. The highest BCUT2D eigenvalue weighted by molar-refractivity contribution is 6.01. The minimum atomic E-state index is -1.43. The molecule has 8 atom stereocenters. The van der Waals surface area contributed by atoms with Crippen molar-refractivity contribution >= 4 is 17.5 Å². The van der Waals surface area contributed by atoms with Gasteiger partial charge in [0.1, 0.15) is 6.61 Å². The molecule has 0 saturated heterocycles. The van der Waals surface area contributed by atoms with E-state index in [9.17, 15) is 24.6 Å². The Kier molecular flexibility index (Phi) is 5.33. The third-order valence-electron chi connectivity index (χ3n) is 9.16. The number of carbonyl (C=O) groups is 3. The van der Waals surface area contributed by atoms with E-state index < -0.39 is 40.9 Å². The zero-order chi connectivity index (χ0) is 22.8. The lowest BCUT2D eigenvalue weighted by molar-refractivity contribution is -0.205. The van der Waals surface area contributed by atoms with Crippen LogP contribution in [-0.2, 0) is 19.1 Å². The molecule has 0 bridgehead atoms. The summed E-state index contributed by atoms with van der Waals surface area (Å²) in [7, 11) is 0. The Bertz CT molecular complexity index is 873. The molecule has 0 aromatic carbocycles. The Morgan fingerprint density at radius 2 is 2.00 bits per heavy atom. The second kappa shape index (κ2) is 7.38. The van der Waals surface area contributed by atoms with E-state index in [0.29, 0.717) is 12.8 Å². The topological polar surface area (TPSA) is 101 Å². The van der Waals surface area contributed by atoms with Gasteiger partial charge in [0, 0.05) is 29.1 Å². The predicted molar refractivity (Wildman–Crippen MR) is 114 cm³/mol. The van der Waals surface area contributed by atoms with Gasteiger partial charge in [0.2, 0.25) is 5.78 Å². The van der Waals surface area contributed by atoms with Crippen LogP contribution in [0.4, 0.5) is 0 Å². The van der Waals surface area contributed by atoms with Gasteiger partial charge in [0.05, 0.1) is 6.10 Å². The van der Waals surface area contributed by atoms with E-state index in [1.165, 1.54) is 0 Å². The van der Waals surface area contributed by atoms with Gasteiger partial charge in [-0.1, -0.05) is 39.3 Å². The molecule has 0 heterocycles. The Morgan fingerprint density at radius 3 is 2.65 bits per heavy atom. The second-order valence-electron chi connectivity index (χ2n) is 10.5. The molecule has 31 heavy (non-hydrogen) atoms. The molecule has 0 aromatic rings. The molecule has 4 aliphatic carbocycles. The third-order valence-corrected chi connectivity index (χ3v) is 9.16. The van der Waals surface area contributed by atoms with E-state index in [1.54, 1.807) is 19.1 Å². The van der Waals surface area contributed by atoms with Gasteiger partial charge in [0.15, 0.2) is 11.4 Å². The number of allylic oxidation sites excluding steroid dienone is 4. The summed E-state index contributed by atoms with van der Waals surface area (Å²) in [5.41, 5.74) is -1.51. The maximum absolute atomic E-state index is 13.2. The first kappa shape index (κ1) is 22.4. The van der Waals surface area contributed by atoms with Crippen molar-refractivity contribution in [3.8, 4) is 0 Å². The number of carbonyl (C=O) groups excluding carboxylic acids is 3. The first-order valence-electron chi connectivity index (χ1n) is 11.5. The number of Topliss-reactive ketones (excluding diaryl/α,β-unsaturated/α-hetero) is 1. The molecule has 3 fully saturated rings. The van der Waals surface area contributed by atoms with Gasteiger partial charge in [0.25, 0.3) is 0 Å². The summed E-state index contributed by atoms with van der Waals surface area (Å²) in [6, 6.07) is 0. The van der Waals surface area contributed by atoms with Gasteiger partial charge in [-0.25, -0.2) is 0 Å². The summed E-state index contributed by atoms with van der Waals surface area (Å²) in [5.74, 6) is -1.05. The molecule has 2 N–H and O–H groups in total.